The van der Waals surface area contributed by atoms with E-state index in [2.05, 4.69) is 44.8 Å². The Balaban J connectivity index is 1.68. The van der Waals surface area contributed by atoms with E-state index in [9.17, 15) is 4.79 Å². The summed E-state index contributed by atoms with van der Waals surface area (Å²) in [6.07, 6.45) is 6.06. The Morgan fingerprint density at radius 1 is 1.28 bits per heavy atom. The Labute approximate surface area is 153 Å². The molecule has 0 atom stereocenters. The van der Waals surface area contributed by atoms with Crippen LogP contribution in [0.5, 0.6) is 5.75 Å². The number of benzene rings is 1. The van der Waals surface area contributed by atoms with Crippen LogP contribution in [-0.4, -0.2) is 33.9 Å². The largest absolute Gasteiger partial charge is 0.497 e. The van der Waals surface area contributed by atoms with Crippen molar-refractivity contribution in [1.82, 2.24) is 5.32 Å². The number of nitrogens with one attached hydrogen (secondary N) is 1. The molecule has 1 aliphatic carbocycles. The van der Waals surface area contributed by atoms with Gasteiger partial charge in [0.2, 0.25) is 0 Å². The highest BCUT2D eigenvalue weighted by Crippen LogP contribution is 2.32. The summed E-state index contributed by atoms with van der Waals surface area (Å²) in [5, 5.41) is 3.70. The van der Waals surface area contributed by atoms with Gasteiger partial charge in [0.1, 0.15) is 5.75 Å². The van der Waals surface area contributed by atoms with Crippen molar-refractivity contribution in [2.45, 2.75) is 51.6 Å². The Hall–Kier alpha value is -1.39. The summed E-state index contributed by atoms with van der Waals surface area (Å²) in [5.41, 5.74) is 2.97. The van der Waals surface area contributed by atoms with Crippen molar-refractivity contribution >= 4 is 14.6 Å². The summed E-state index contributed by atoms with van der Waals surface area (Å²) in [4.78, 5) is 12.8. The molecule has 3 nitrogen and oxygen atoms in total. The fraction of sp³-hybridized carbons (Fsp3) is 0.571. The third kappa shape index (κ3) is 4.42. The molecule has 0 spiro atoms. The number of rotatable bonds is 4. The Morgan fingerprint density at radius 2 is 2.00 bits per heavy atom. The van der Waals surface area contributed by atoms with Gasteiger partial charge in [0, 0.05) is 17.6 Å². The zero-order chi connectivity index (χ0) is 18.0. The van der Waals surface area contributed by atoms with Gasteiger partial charge < -0.3 is 10.1 Å². The third-order valence-corrected chi connectivity index (χ3v) is 8.69. The molecule has 135 valence electrons. The Morgan fingerprint density at radius 3 is 2.68 bits per heavy atom. The van der Waals surface area contributed by atoms with Crippen LogP contribution in [0.4, 0.5) is 0 Å². The third-order valence-electron chi connectivity index (χ3n) is 5.55. The van der Waals surface area contributed by atoms with E-state index >= 15 is 0 Å². The lowest BCUT2D eigenvalue weighted by atomic mass is 9.94. The van der Waals surface area contributed by atoms with Crippen LogP contribution in [0.15, 0.2) is 29.8 Å². The molecular weight excluding hydrogens is 326 g/mol. The quantitative estimate of drug-likeness (QED) is 0.649. The van der Waals surface area contributed by atoms with Gasteiger partial charge in [0.05, 0.1) is 15.0 Å². The van der Waals surface area contributed by atoms with Crippen LogP contribution in [0.3, 0.4) is 0 Å². The van der Waals surface area contributed by atoms with Gasteiger partial charge in [-0.25, -0.2) is 0 Å². The van der Waals surface area contributed by atoms with E-state index in [1.54, 1.807) is 0 Å². The van der Waals surface area contributed by atoms with Gasteiger partial charge in [0.25, 0.3) is 0 Å². The lowest BCUT2D eigenvalue weighted by molar-refractivity contribution is 0.103. The summed E-state index contributed by atoms with van der Waals surface area (Å²) in [6.45, 7) is 11.2. The molecule has 4 heteroatoms. The number of hydrogen-bond donors (Lipinski definition) is 1. The van der Waals surface area contributed by atoms with Crippen molar-refractivity contribution in [2.24, 2.45) is 5.92 Å². The lowest BCUT2D eigenvalue weighted by Crippen LogP contribution is -2.29. The highest BCUT2D eigenvalue weighted by molar-refractivity contribution is 6.60. The molecule has 1 radical (unpaired) electrons. The maximum atomic E-state index is 12.8. The van der Waals surface area contributed by atoms with E-state index in [1.807, 2.05) is 12.1 Å². The maximum Gasteiger partial charge on any atom is 0.189 e. The number of hydrogen-bond acceptors (Lipinski definition) is 3. The summed E-state index contributed by atoms with van der Waals surface area (Å²) in [5.74, 6) is 1.59. The molecule has 1 saturated heterocycles. The van der Waals surface area contributed by atoms with Crippen molar-refractivity contribution in [3.05, 3.63) is 41.0 Å². The molecule has 3 rings (SSSR count). The second-order valence-electron chi connectivity index (χ2n) is 8.42. The number of fused-ring (bicyclic) bond motifs is 1. The van der Waals surface area contributed by atoms with Crippen molar-refractivity contribution in [3.63, 3.8) is 0 Å². The van der Waals surface area contributed by atoms with Crippen molar-refractivity contribution < 1.29 is 9.53 Å². The number of ketones is 1. The van der Waals surface area contributed by atoms with E-state index in [4.69, 9.17) is 4.74 Å². The number of Topliss-reactive ketones (excluding diaryl/α,β-unsaturated/α-hetero) is 1. The van der Waals surface area contributed by atoms with Crippen LogP contribution >= 0.6 is 0 Å². The van der Waals surface area contributed by atoms with Gasteiger partial charge in [-0.1, -0.05) is 39.5 Å². The maximum absolute atomic E-state index is 12.8. The van der Waals surface area contributed by atoms with Gasteiger partial charge >= 0.3 is 0 Å². The summed E-state index contributed by atoms with van der Waals surface area (Å²) in [7, 11) is -0.584. The average molecular weight is 357 g/mol. The minimum atomic E-state index is -0.584. The molecule has 0 saturated carbocycles. The van der Waals surface area contributed by atoms with Crippen LogP contribution < -0.4 is 10.1 Å². The van der Waals surface area contributed by atoms with Crippen molar-refractivity contribution in [3.8, 4) is 5.75 Å². The molecule has 1 aliphatic heterocycles. The first-order valence-corrected chi connectivity index (χ1v) is 11.6. The van der Waals surface area contributed by atoms with Gasteiger partial charge in [-0.2, -0.15) is 0 Å². The van der Waals surface area contributed by atoms with E-state index in [0.717, 1.165) is 61.0 Å². The minimum absolute atomic E-state index is 0.205. The van der Waals surface area contributed by atoms with E-state index in [0.29, 0.717) is 11.0 Å². The van der Waals surface area contributed by atoms with Gasteiger partial charge in [0.15, 0.2) is 5.78 Å². The Bertz CT molecular complexity index is 669. The fourth-order valence-electron chi connectivity index (χ4n) is 3.31. The molecule has 0 bridgehead atoms. The molecule has 2 aliphatic rings. The van der Waals surface area contributed by atoms with Gasteiger partial charge in [-0.05, 0) is 54.6 Å². The minimum Gasteiger partial charge on any atom is -0.497 e. The topological polar surface area (TPSA) is 38.3 Å². The molecule has 0 aromatic heterocycles. The SMILES string of the molecule is C[Si](COc1ccc2c(c1)C(=O)/C(=C/C1CCNCC1)C2)C(C)(C)C. The van der Waals surface area contributed by atoms with Crippen LogP contribution in [0.25, 0.3) is 0 Å². The molecule has 1 heterocycles. The Kier molecular flexibility index (Phi) is 5.49. The van der Waals surface area contributed by atoms with Crippen LogP contribution in [0.1, 0.15) is 49.5 Å². The van der Waals surface area contributed by atoms with E-state index in [-0.39, 0.29) is 5.78 Å². The predicted octanol–water partition coefficient (Wildman–Crippen LogP) is 4.19. The smallest absolute Gasteiger partial charge is 0.189 e. The van der Waals surface area contributed by atoms with Crippen molar-refractivity contribution in [2.75, 3.05) is 19.3 Å². The molecule has 0 amide bonds. The second-order valence-corrected chi connectivity index (χ2v) is 11.8. The molecule has 1 aromatic rings. The number of ether oxygens (including phenoxy) is 1. The first-order chi connectivity index (χ1) is 11.8. The molecule has 25 heavy (non-hydrogen) atoms. The monoisotopic (exact) mass is 356 g/mol. The average Bonchev–Trinajstić information content (AvgIpc) is 2.88. The van der Waals surface area contributed by atoms with Gasteiger partial charge in [-0.3, -0.25) is 4.79 Å². The lowest BCUT2D eigenvalue weighted by Gasteiger charge is -2.25. The van der Waals surface area contributed by atoms with Crippen molar-refractivity contribution in [1.29, 1.82) is 0 Å². The zero-order valence-electron chi connectivity index (χ0n) is 15.9. The zero-order valence-corrected chi connectivity index (χ0v) is 16.9. The molecular formula is C21H30NO2Si. The van der Waals surface area contributed by atoms with E-state index in [1.165, 1.54) is 0 Å². The van der Waals surface area contributed by atoms with Crippen LogP contribution in [0, 0.1) is 5.92 Å². The second kappa shape index (κ2) is 7.46. The number of allylic oxidation sites excluding steroid dienone is 2. The molecule has 1 fully saturated rings. The first-order valence-electron chi connectivity index (χ1n) is 9.39. The highest BCUT2D eigenvalue weighted by Gasteiger charge is 2.27. The summed E-state index contributed by atoms with van der Waals surface area (Å²) >= 11 is 0. The molecule has 0 unspecified atom stereocenters. The van der Waals surface area contributed by atoms with Gasteiger partial charge in [-0.15, -0.1) is 0 Å². The van der Waals surface area contributed by atoms with E-state index < -0.39 is 8.80 Å². The first kappa shape index (κ1) is 18.4. The molecule has 1 N–H and O–H groups in total. The number of piperidine rings is 1. The summed E-state index contributed by atoms with van der Waals surface area (Å²) in [6, 6.07) is 6.06. The fourth-order valence-corrected chi connectivity index (χ4v) is 4.12. The van der Waals surface area contributed by atoms with Crippen LogP contribution in [0.2, 0.25) is 11.6 Å². The summed E-state index contributed by atoms with van der Waals surface area (Å²) < 4.78 is 6.02. The highest BCUT2D eigenvalue weighted by atomic mass is 28.3. The number of carbonyl (C=O) groups excluding carboxylic acids is 1. The predicted molar refractivity (Wildman–Crippen MR) is 105 cm³/mol. The normalized spacial score (nSPS) is 20.4. The standard InChI is InChI=1S/C21H30NO2Si/c1-21(2,3)25(4)14-24-18-6-5-16-12-17(20(23)19(16)13-18)11-15-7-9-22-10-8-15/h5-6,11,13,15,22H,7-10,12,14H2,1-4H3/b17-11+. The van der Waals surface area contributed by atoms with Crippen LogP contribution in [-0.2, 0) is 6.42 Å². The number of carbonyl (C=O) groups is 1. The molecule has 1 aromatic carbocycles.